The molecule has 0 fully saturated rings. The fraction of sp³-hybridized carbons (Fsp3) is 0.769. The average molecular weight is 915 g/mol. The zero-order valence-corrected chi connectivity index (χ0v) is 37.5. The molecule has 368 valence electrons. The van der Waals surface area contributed by atoms with E-state index in [0.717, 1.165) is 0 Å². The van der Waals surface area contributed by atoms with Crippen LogP contribution in [-0.2, 0) is 33.6 Å². The predicted octanol–water partition coefficient (Wildman–Crippen LogP) is -5.16. The van der Waals surface area contributed by atoms with E-state index in [1.54, 1.807) is 13.8 Å². The number of aliphatic imine (C=N–C) groups is 2. The minimum absolute atomic E-state index is 0.0333. The van der Waals surface area contributed by atoms with Crippen molar-refractivity contribution in [2.45, 2.75) is 146 Å². The van der Waals surface area contributed by atoms with Gasteiger partial charge in [0.05, 0.1) is 12.6 Å². The molecular formula is C39H78N16O9. The lowest BCUT2D eigenvalue weighted by Crippen LogP contribution is -2.60. The molecule has 64 heavy (non-hydrogen) atoms. The van der Waals surface area contributed by atoms with Crippen LogP contribution in [-0.4, -0.2) is 145 Å². The number of carboxylic acid groups (broad SMARTS) is 1. The largest absolute Gasteiger partial charge is 0.480 e. The van der Waals surface area contributed by atoms with Crippen LogP contribution >= 0.6 is 0 Å². The topological polar surface area (TPSA) is 465 Å². The quantitative estimate of drug-likeness (QED) is 0.0159. The van der Waals surface area contributed by atoms with Gasteiger partial charge in [0.25, 0.3) is 0 Å². The Kier molecular flexibility index (Phi) is 31.2. The molecule has 0 aromatic rings. The molecule has 0 radical (unpaired) electrons. The number of nitrogens with zero attached hydrogens (tertiary/aromatic N) is 2. The number of guanidine groups is 2. The van der Waals surface area contributed by atoms with Crippen molar-refractivity contribution in [3.63, 3.8) is 0 Å². The molecule has 0 aromatic carbocycles. The maximum absolute atomic E-state index is 14.1. The fourth-order valence-corrected chi connectivity index (χ4v) is 6.23. The van der Waals surface area contributed by atoms with E-state index in [9.17, 15) is 43.8 Å². The summed E-state index contributed by atoms with van der Waals surface area (Å²) in [6, 6.07) is -8.85. The second-order valence-corrected chi connectivity index (χ2v) is 15.9. The third kappa shape index (κ3) is 26.3. The molecule has 25 heteroatoms. The van der Waals surface area contributed by atoms with E-state index in [-0.39, 0.29) is 88.8 Å². The zero-order chi connectivity index (χ0) is 48.6. The SMILES string of the molecule is CC(C)C[C@H](NC(=O)[C@H](CCCCN)NC(=O)[C@H](CCCN=C(N)N)NC(=O)[C@H](CCCCN)NC(=O)[C@H](CCCN=C(N)N)NC(=O)[C@H](CO)NC(=O)[C@@H](N)CCCCN)C(=O)O. The molecule has 7 atom stereocenters. The van der Waals surface area contributed by atoms with Gasteiger partial charge in [-0.1, -0.05) is 20.3 Å². The Hall–Kier alpha value is -5.37. The summed E-state index contributed by atoms with van der Waals surface area (Å²) in [5.41, 5.74) is 44.7. The molecule has 0 aliphatic heterocycles. The summed E-state index contributed by atoms with van der Waals surface area (Å²) in [5.74, 6) is -6.49. The van der Waals surface area contributed by atoms with E-state index in [1.165, 1.54) is 0 Å². The van der Waals surface area contributed by atoms with Crippen LogP contribution in [0.15, 0.2) is 9.98 Å². The Morgan fingerprint density at radius 1 is 0.469 bits per heavy atom. The average Bonchev–Trinajstić information content (AvgIpc) is 3.23. The van der Waals surface area contributed by atoms with E-state index in [1.807, 2.05) is 0 Å². The van der Waals surface area contributed by atoms with Crippen LogP contribution in [0.5, 0.6) is 0 Å². The van der Waals surface area contributed by atoms with Crippen molar-refractivity contribution in [3.05, 3.63) is 0 Å². The number of carboxylic acids is 1. The van der Waals surface area contributed by atoms with Gasteiger partial charge in [0.2, 0.25) is 35.4 Å². The zero-order valence-electron chi connectivity index (χ0n) is 37.5. The highest BCUT2D eigenvalue weighted by Crippen LogP contribution is 2.11. The molecular weight excluding hydrogens is 837 g/mol. The maximum Gasteiger partial charge on any atom is 0.326 e. The van der Waals surface area contributed by atoms with E-state index >= 15 is 0 Å². The summed E-state index contributed by atoms with van der Waals surface area (Å²) < 4.78 is 0. The molecule has 0 rings (SSSR count). The molecule has 0 saturated heterocycles. The number of amides is 6. The van der Waals surface area contributed by atoms with Crippen molar-refractivity contribution < 1.29 is 43.8 Å². The number of hydrogen-bond donors (Lipinski definition) is 16. The van der Waals surface area contributed by atoms with Crippen LogP contribution in [0, 0.1) is 5.92 Å². The van der Waals surface area contributed by atoms with Crippen LogP contribution in [0.3, 0.4) is 0 Å². The molecule has 0 aliphatic carbocycles. The van der Waals surface area contributed by atoms with Crippen molar-refractivity contribution in [2.24, 2.45) is 61.8 Å². The number of unbranched alkanes of at least 4 members (excludes halogenated alkanes) is 3. The number of aliphatic hydroxyl groups excluding tert-OH is 1. The van der Waals surface area contributed by atoms with Crippen LogP contribution in [0.1, 0.15) is 104 Å². The van der Waals surface area contributed by atoms with E-state index in [2.05, 4.69) is 41.9 Å². The molecule has 0 aliphatic rings. The van der Waals surface area contributed by atoms with Gasteiger partial charge in [-0.3, -0.25) is 38.8 Å². The van der Waals surface area contributed by atoms with Crippen molar-refractivity contribution in [1.29, 1.82) is 0 Å². The molecule has 0 heterocycles. The van der Waals surface area contributed by atoms with E-state index in [4.69, 9.17) is 45.9 Å². The van der Waals surface area contributed by atoms with Crippen molar-refractivity contribution in [2.75, 3.05) is 39.3 Å². The summed E-state index contributed by atoms with van der Waals surface area (Å²) in [5, 5.41) is 35.2. The van der Waals surface area contributed by atoms with Gasteiger partial charge in [0, 0.05) is 13.1 Å². The Bertz CT molecular complexity index is 1490. The Labute approximate surface area is 375 Å². The summed E-state index contributed by atoms with van der Waals surface area (Å²) in [4.78, 5) is 101. The minimum atomic E-state index is -1.49. The van der Waals surface area contributed by atoms with Crippen LogP contribution < -0.4 is 77.8 Å². The Morgan fingerprint density at radius 2 is 0.781 bits per heavy atom. The summed E-state index contributed by atoms with van der Waals surface area (Å²) in [6.07, 6.45) is 3.74. The lowest BCUT2D eigenvalue weighted by molar-refractivity contribution is -0.143. The van der Waals surface area contributed by atoms with Crippen LogP contribution in [0.25, 0.3) is 0 Å². The van der Waals surface area contributed by atoms with Gasteiger partial charge in [-0.25, -0.2) is 4.79 Å². The van der Waals surface area contributed by atoms with Gasteiger partial charge in [-0.05, 0) is 109 Å². The Balaban J connectivity index is 6.63. The number of aliphatic carboxylic acids is 1. The third-order valence-corrected chi connectivity index (χ3v) is 9.76. The molecule has 25 nitrogen and oxygen atoms in total. The number of aliphatic hydroxyl groups is 1. The number of nitrogens with one attached hydrogen (secondary N) is 6. The van der Waals surface area contributed by atoms with Gasteiger partial charge >= 0.3 is 5.97 Å². The van der Waals surface area contributed by atoms with Gasteiger partial charge in [-0.15, -0.1) is 0 Å². The lowest BCUT2D eigenvalue weighted by atomic mass is 10.0. The summed E-state index contributed by atoms with van der Waals surface area (Å²) >= 11 is 0. The minimum Gasteiger partial charge on any atom is -0.480 e. The van der Waals surface area contributed by atoms with Crippen LogP contribution in [0.2, 0.25) is 0 Å². The molecule has 0 bridgehead atoms. The fourth-order valence-electron chi connectivity index (χ4n) is 6.23. The Morgan fingerprint density at radius 3 is 1.09 bits per heavy atom. The van der Waals surface area contributed by atoms with E-state index < -0.39 is 90.3 Å². The maximum atomic E-state index is 14.1. The first-order valence-corrected chi connectivity index (χ1v) is 21.9. The summed E-state index contributed by atoms with van der Waals surface area (Å²) in [6.45, 7) is 3.88. The first-order valence-electron chi connectivity index (χ1n) is 21.9. The molecule has 24 N–H and O–H groups in total. The van der Waals surface area contributed by atoms with Gasteiger partial charge in [0.15, 0.2) is 11.9 Å². The smallest absolute Gasteiger partial charge is 0.326 e. The first-order chi connectivity index (χ1) is 30.3. The molecule has 0 aromatic heterocycles. The number of hydrogen-bond acceptors (Lipinski definition) is 14. The van der Waals surface area contributed by atoms with Crippen molar-refractivity contribution in [3.8, 4) is 0 Å². The van der Waals surface area contributed by atoms with Gasteiger partial charge < -0.3 is 88.0 Å². The predicted molar refractivity (Wildman–Crippen MR) is 242 cm³/mol. The number of rotatable bonds is 36. The number of nitrogens with two attached hydrogens (primary N) is 8. The van der Waals surface area contributed by atoms with Gasteiger partial charge in [-0.2, -0.15) is 0 Å². The molecule has 0 saturated carbocycles. The van der Waals surface area contributed by atoms with Gasteiger partial charge in [0.1, 0.15) is 36.3 Å². The van der Waals surface area contributed by atoms with Crippen molar-refractivity contribution >= 4 is 53.3 Å². The van der Waals surface area contributed by atoms with Crippen molar-refractivity contribution in [1.82, 2.24) is 31.9 Å². The summed E-state index contributed by atoms with van der Waals surface area (Å²) in [7, 11) is 0. The highest BCUT2D eigenvalue weighted by Gasteiger charge is 2.33. The standard InChI is InChI=1S/C39H78N16O9/c1-23(2)21-29(37(63)64)54-35(61)26(13-5-8-18-42)51-33(59)27(14-9-19-48-38(44)45)52-32(58)25(12-4-7-17-41)50-34(60)28(15-10-20-49-39(46)47)53-36(62)30(22-56)55-31(57)24(43)11-3-6-16-40/h23-30,56H,3-22,40-43H2,1-2H3,(H,50,60)(H,51,59)(H,52,58)(H,53,62)(H,54,61)(H,55,57)(H,63,64)(H4,44,45,48)(H4,46,47,49)/t24-,25-,26-,27-,28-,29-,30-/m0/s1. The second kappa shape index (κ2) is 34.1. The highest BCUT2D eigenvalue weighted by atomic mass is 16.4. The lowest BCUT2D eigenvalue weighted by Gasteiger charge is -2.27. The van der Waals surface area contributed by atoms with Crippen LogP contribution in [0.4, 0.5) is 0 Å². The molecule has 0 spiro atoms. The molecule has 0 unspecified atom stereocenters. The monoisotopic (exact) mass is 915 g/mol. The molecule has 6 amide bonds. The highest BCUT2D eigenvalue weighted by molar-refractivity contribution is 5.97. The first kappa shape index (κ1) is 58.6. The third-order valence-electron chi connectivity index (χ3n) is 9.76. The number of carbonyl (C=O) groups is 7. The normalized spacial score (nSPS) is 14.3. The number of carbonyl (C=O) groups excluding carboxylic acids is 6. The second-order valence-electron chi connectivity index (χ2n) is 15.9. The van der Waals surface area contributed by atoms with E-state index in [0.29, 0.717) is 51.6 Å².